The molecule has 1 rings (SSSR count). The molecule has 14 heavy (non-hydrogen) atoms. The highest BCUT2D eigenvalue weighted by Crippen LogP contribution is 2.45. The maximum atomic E-state index is 12.9. The molecule has 2 nitrogen and oxygen atoms in total. The summed E-state index contributed by atoms with van der Waals surface area (Å²) in [5, 5.41) is 0. The summed E-state index contributed by atoms with van der Waals surface area (Å²) in [6.07, 6.45) is 0.824. The fourth-order valence-electron chi connectivity index (χ4n) is 1.82. The standard InChI is InChI=1S/C10H16F2O2/c1-9(7-8(13)14-2)3-5-10(11,12)6-4-9/h3-7H2,1-2H3. The number of hydrogen-bond donors (Lipinski definition) is 0. The van der Waals surface area contributed by atoms with Crippen LogP contribution in [0.15, 0.2) is 0 Å². The fourth-order valence-corrected chi connectivity index (χ4v) is 1.82. The van der Waals surface area contributed by atoms with Crippen molar-refractivity contribution < 1.29 is 18.3 Å². The Morgan fingerprint density at radius 3 is 2.21 bits per heavy atom. The van der Waals surface area contributed by atoms with E-state index in [-0.39, 0.29) is 30.6 Å². The van der Waals surface area contributed by atoms with Gasteiger partial charge in [0, 0.05) is 12.8 Å². The summed E-state index contributed by atoms with van der Waals surface area (Å²) < 4.78 is 30.2. The quantitative estimate of drug-likeness (QED) is 0.649. The third kappa shape index (κ3) is 2.93. The number of alkyl halides is 2. The smallest absolute Gasteiger partial charge is 0.306 e. The Bertz CT molecular complexity index is 216. The molecule has 1 fully saturated rings. The van der Waals surface area contributed by atoms with Gasteiger partial charge in [-0.1, -0.05) is 6.92 Å². The van der Waals surface area contributed by atoms with Crippen LogP contribution >= 0.6 is 0 Å². The molecule has 0 heterocycles. The lowest BCUT2D eigenvalue weighted by atomic mass is 9.72. The summed E-state index contributed by atoms with van der Waals surface area (Å²) in [4.78, 5) is 11.0. The van der Waals surface area contributed by atoms with Crippen LogP contribution in [-0.4, -0.2) is 19.0 Å². The van der Waals surface area contributed by atoms with E-state index in [1.54, 1.807) is 0 Å². The Balaban J connectivity index is 2.49. The molecular weight excluding hydrogens is 190 g/mol. The van der Waals surface area contributed by atoms with Crippen LogP contribution in [-0.2, 0) is 9.53 Å². The predicted molar refractivity (Wildman–Crippen MR) is 48.2 cm³/mol. The second kappa shape index (κ2) is 3.83. The molecule has 4 heteroatoms. The van der Waals surface area contributed by atoms with Crippen molar-refractivity contribution in [3.8, 4) is 0 Å². The van der Waals surface area contributed by atoms with E-state index < -0.39 is 5.92 Å². The number of ether oxygens (including phenoxy) is 1. The Morgan fingerprint density at radius 2 is 1.79 bits per heavy atom. The number of hydrogen-bond acceptors (Lipinski definition) is 2. The molecule has 0 saturated heterocycles. The summed E-state index contributed by atoms with van der Waals surface area (Å²) in [6.45, 7) is 1.87. The SMILES string of the molecule is COC(=O)CC1(C)CCC(F)(F)CC1. The number of halogens is 2. The van der Waals surface area contributed by atoms with Gasteiger partial charge in [0.05, 0.1) is 13.5 Å². The molecule has 0 aromatic carbocycles. The largest absolute Gasteiger partial charge is 0.469 e. The molecule has 0 N–H and O–H groups in total. The van der Waals surface area contributed by atoms with Gasteiger partial charge in [-0.2, -0.15) is 0 Å². The second-order valence-electron chi connectivity index (χ2n) is 4.42. The first-order valence-corrected chi connectivity index (χ1v) is 4.82. The van der Waals surface area contributed by atoms with E-state index in [0.717, 1.165) is 0 Å². The summed E-state index contributed by atoms with van der Waals surface area (Å²) in [7, 11) is 1.32. The first-order valence-electron chi connectivity index (χ1n) is 4.82. The van der Waals surface area contributed by atoms with Crippen LogP contribution in [0.1, 0.15) is 39.0 Å². The van der Waals surface area contributed by atoms with Gasteiger partial charge in [-0.25, -0.2) is 8.78 Å². The van der Waals surface area contributed by atoms with E-state index in [9.17, 15) is 13.6 Å². The molecule has 0 aromatic heterocycles. The van der Waals surface area contributed by atoms with Crippen LogP contribution < -0.4 is 0 Å². The van der Waals surface area contributed by atoms with Gasteiger partial charge >= 0.3 is 5.97 Å². The predicted octanol–water partition coefficient (Wildman–Crippen LogP) is 2.77. The van der Waals surface area contributed by atoms with Crippen molar-refractivity contribution in [2.24, 2.45) is 5.41 Å². The third-order valence-corrected chi connectivity index (χ3v) is 2.99. The average Bonchev–Trinajstić information content (AvgIpc) is 2.11. The Morgan fingerprint density at radius 1 is 1.29 bits per heavy atom. The Kier molecular flexibility index (Phi) is 3.12. The monoisotopic (exact) mass is 206 g/mol. The number of rotatable bonds is 2. The zero-order valence-electron chi connectivity index (χ0n) is 8.61. The maximum absolute atomic E-state index is 12.9. The highest BCUT2D eigenvalue weighted by atomic mass is 19.3. The third-order valence-electron chi connectivity index (χ3n) is 2.99. The number of esters is 1. The number of carbonyl (C=O) groups is 1. The lowest BCUT2D eigenvalue weighted by Gasteiger charge is -2.36. The van der Waals surface area contributed by atoms with E-state index in [0.29, 0.717) is 12.8 Å². The van der Waals surface area contributed by atoms with Crippen LogP contribution in [0.25, 0.3) is 0 Å². The van der Waals surface area contributed by atoms with Crippen LogP contribution in [0.4, 0.5) is 8.78 Å². The number of carbonyl (C=O) groups excluding carboxylic acids is 1. The van der Waals surface area contributed by atoms with Crippen molar-refractivity contribution >= 4 is 5.97 Å². The summed E-state index contributed by atoms with van der Waals surface area (Å²) in [5.41, 5.74) is -0.297. The number of methoxy groups -OCH3 is 1. The zero-order chi connectivity index (χ0) is 10.8. The van der Waals surface area contributed by atoms with Crippen molar-refractivity contribution in [2.75, 3.05) is 7.11 Å². The van der Waals surface area contributed by atoms with E-state index >= 15 is 0 Å². The van der Waals surface area contributed by atoms with Gasteiger partial charge in [0.1, 0.15) is 0 Å². The van der Waals surface area contributed by atoms with Crippen molar-refractivity contribution in [3.05, 3.63) is 0 Å². The zero-order valence-corrected chi connectivity index (χ0v) is 8.61. The average molecular weight is 206 g/mol. The molecule has 1 aliphatic rings. The van der Waals surface area contributed by atoms with Crippen LogP contribution in [0, 0.1) is 5.41 Å². The molecule has 1 saturated carbocycles. The van der Waals surface area contributed by atoms with Crippen molar-refractivity contribution in [1.29, 1.82) is 0 Å². The molecule has 0 atom stereocenters. The minimum atomic E-state index is -2.53. The van der Waals surface area contributed by atoms with Crippen molar-refractivity contribution in [1.82, 2.24) is 0 Å². The topological polar surface area (TPSA) is 26.3 Å². The van der Waals surface area contributed by atoms with Gasteiger partial charge in [-0.15, -0.1) is 0 Å². The van der Waals surface area contributed by atoms with Crippen LogP contribution in [0.3, 0.4) is 0 Å². The Hall–Kier alpha value is -0.670. The summed E-state index contributed by atoms with van der Waals surface area (Å²) in [6, 6.07) is 0. The summed E-state index contributed by atoms with van der Waals surface area (Å²) in [5.74, 6) is -2.84. The molecule has 0 aromatic rings. The molecule has 0 aliphatic heterocycles. The van der Waals surface area contributed by atoms with Gasteiger partial charge in [0.2, 0.25) is 5.92 Å². The van der Waals surface area contributed by atoms with Crippen LogP contribution in [0.2, 0.25) is 0 Å². The molecule has 0 spiro atoms. The maximum Gasteiger partial charge on any atom is 0.306 e. The molecule has 0 radical (unpaired) electrons. The van der Waals surface area contributed by atoms with Gasteiger partial charge in [0.15, 0.2) is 0 Å². The lowest BCUT2D eigenvalue weighted by Crippen LogP contribution is -2.33. The first kappa shape index (κ1) is 11.4. The van der Waals surface area contributed by atoms with E-state index in [4.69, 9.17) is 0 Å². The minimum absolute atomic E-state index is 0.111. The van der Waals surface area contributed by atoms with Gasteiger partial charge in [0.25, 0.3) is 0 Å². The molecule has 1 aliphatic carbocycles. The van der Waals surface area contributed by atoms with Gasteiger partial charge in [-0.3, -0.25) is 4.79 Å². The molecule has 82 valence electrons. The van der Waals surface area contributed by atoms with E-state index in [1.165, 1.54) is 7.11 Å². The van der Waals surface area contributed by atoms with Crippen molar-refractivity contribution in [2.45, 2.75) is 45.0 Å². The molecule has 0 unspecified atom stereocenters. The van der Waals surface area contributed by atoms with Gasteiger partial charge < -0.3 is 4.74 Å². The van der Waals surface area contributed by atoms with E-state index in [1.807, 2.05) is 6.92 Å². The fraction of sp³-hybridized carbons (Fsp3) is 0.900. The first-order chi connectivity index (χ1) is 6.37. The summed E-state index contributed by atoms with van der Waals surface area (Å²) >= 11 is 0. The normalized spacial score (nSPS) is 24.3. The second-order valence-corrected chi connectivity index (χ2v) is 4.42. The Labute approximate surface area is 82.6 Å². The lowest BCUT2D eigenvalue weighted by molar-refractivity contribution is -0.145. The molecule has 0 amide bonds. The highest BCUT2D eigenvalue weighted by Gasteiger charge is 2.41. The molecule has 0 bridgehead atoms. The minimum Gasteiger partial charge on any atom is -0.469 e. The highest BCUT2D eigenvalue weighted by molar-refractivity contribution is 5.70. The van der Waals surface area contributed by atoms with Crippen LogP contribution in [0.5, 0.6) is 0 Å². The van der Waals surface area contributed by atoms with Gasteiger partial charge in [-0.05, 0) is 18.3 Å². The van der Waals surface area contributed by atoms with E-state index in [2.05, 4.69) is 4.74 Å². The van der Waals surface area contributed by atoms with Crippen molar-refractivity contribution in [3.63, 3.8) is 0 Å². The molecular formula is C10H16F2O2.